The molecule has 0 bridgehead atoms. The molecule has 1 saturated carbocycles. The van der Waals surface area contributed by atoms with Crippen LogP contribution in [0.25, 0.3) is 0 Å². The number of rotatable bonds is 13. The topological polar surface area (TPSA) is 98.0 Å². The van der Waals surface area contributed by atoms with Gasteiger partial charge in [-0.05, 0) is 31.6 Å². The van der Waals surface area contributed by atoms with Crippen molar-refractivity contribution >= 4 is 5.78 Å². The summed E-state index contributed by atoms with van der Waals surface area (Å²) in [6.07, 6.45) is 12.8. The molecular weight excluding hydrogens is 332 g/mol. The molecule has 0 spiro atoms. The van der Waals surface area contributed by atoms with Crippen molar-refractivity contribution in [1.29, 1.82) is 0 Å². The number of unbranched alkanes of at least 4 members (excludes halogenated alkanes) is 3. The lowest BCUT2D eigenvalue weighted by molar-refractivity contribution is -0.121. The van der Waals surface area contributed by atoms with Crippen LogP contribution in [0.2, 0.25) is 0 Å². The number of hydrogen-bond acceptors (Lipinski definition) is 5. The van der Waals surface area contributed by atoms with Crippen molar-refractivity contribution in [3.8, 4) is 0 Å². The minimum atomic E-state index is -0.579. The lowest BCUT2D eigenvalue weighted by Gasteiger charge is -2.19. The van der Waals surface area contributed by atoms with Crippen molar-refractivity contribution in [3.63, 3.8) is 0 Å². The fraction of sp³-hybridized carbons (Fsp3) is 0.762. The van der Waals surface area contributed by atoms with Gasteiger partial charge in [-0.15, -0.1) is 0 Å². The van der Waals surface area contributed by atoms with E-state index in [0.717, 1.165) is 32.1 Å². The zero-order valence-electron chi connectivity index (χ0n) is 16.0. The number of aliphatic hydroxyl groups is 4. The Morgan fingerprint density at radius 3 is 2.62 bits per heavy atom. The number of Topliss-reactive ketones (excluding diaryl/α,β-unsaturated/α-hetero) is 1. The van der Waals surface area contributed by atoms with Gasteiger partial charge in [-0.3, -0.25) is 4.79 Å². The molecule has 1 unspecified atom stereocenters. The van der Waals surface area contributed by atoms with Gasteiger partial charge in [0, 0.05) is 18.8 Å². The quantitative estimate of drug-likeness (QED) is 0.296. The second-order valence-electron chi connectivity index (χ2n) is 7.36. The van der Waals surface area contributed by atoms with E-state index in [4.69, 9.17) is 5.11 Å². The first kappa shape index (κ1) is 23.0. The number of hydrogen-bond donors (Lipinski definition) is 4. The molecule has 1 aliphatic rings. The van der Waals surface area contributed by atoms with Gasteiger partial charge in [0.2, 0.25) is 0 Å². The van der Waals surface area contributed by atoms with E-state index in [2.05, 4.69) is 6.92 Å². The van der Waals surface area contributed by atoms with Crippen molar-refractivity contribution < 1.29 is 25.2 Å². The summed E-state index contributed by atoms with van der Waals surface area (Å²) in [4.78, 5) is 11.0. The Kier molecular flexibility index (Phi) is 11.7. The van der Waals surface area contributed by atoms with E-state index < -0.39 is 24.9 Å². The van der Waals surface area contributed by atoms with Crippen molar-refractivity contribution in [3.05, 3.63) is 24.3 Å². The Morgan fingerprint density at radius 1 is 1.15 bits per heavy atom. The van der Waals surface area contributed by atoms with Crippen LogP contribution >= 0.6 is 0 Å². The molecule has 5 nitrogen and oxygen atoms in total. The van der Waals surface area contributed by atoms with Crippen molar-refractivity contribution in [2.24, 2.45) is 11.8 Å². The van der Waals surface area contributed by atoms with Crippen LogP contribution in [-0.4, -0.2) is 51.1 Å². The van der Waals surface area contributed by atoms with Crippen molar-refractivity contribution in [1.82, 2.24) is 0 Å². The average molecular weight is 369 g/mol. The molecular formula is C21H36O5. The Labute approximate surface area is 157 Å². The molecule has 5 heteroatoms. The number of ketones is 1. The number of aliphatic hydroxyl groups excluding tert-OH is 4. The number of allylic oxidation sites excluding steroid dienone is 2. The summed E-state index contributed by atoms with van der Waals surface area (Å²) < 4.78 is 0. The van der Waals surface area contributed by atoms with Gasteiger partial charge in [-0.2, -0.15) is 0 Å². The standard InChI is InChI=1S/C21H36O5/c1-2-3-6-9-16(23)12-13-19-18(20(25)14-21(19)26)11-8-5-4-7-10-17(24)15-22/h5,8,12-13,16,18-23,25-26H,2-4,6-7,9-11,14-15H2,1H3/t16?,18-,19-,20+,21-/m1/s1. The van der Waals surface area contributed by atoms with E-state index in [-0.39, 0.29) is 17.6 Å². The summed E-state index contributed by atoms with van der Waals surface area (Å²) in [5, 5.41) is 39.1. The minimum Gasteiger partial charge on any atom is -0.393 e. The third-order valence-corrected chi connectivity index (χ3v) is 5.15. The molecule has 0 amide bonds. The molecule has 0 heterocycles. The normalized spacial score (nSPS) is 27.6. The molecule has 0 radical (unpaired) electrons. The van der Waals surface area contributed by atoms with E-state index in [1.54, 1.807) is 6.08 Å². The Hall–Kier alpha value is -1.01. The van der Waals surface area contributed by atoms with Crippen LogP contribution in [0.1, 0.15) is 64.7 Å². The summed E-state index contributed by atoms with van der Waals surface area (Å²) in [6.45, 7) is 1.73. The fourth-order valence-corrected chi connectivity index (χ4v) is 3.53. The first-order valence-electron chi connectivity index (χ1n) is 9.99. The summed E-state index contributed by atoms with van der Waals surface area (Å²) in [5.74, 6) is -0.346. The molecule has 1 fully saturated rings. The van der Waals surface area contributed by atoms with Crippen LogP contribution in [0, 0.1) is 11.8 Å². The van der Waals surface area contributed by atoms with Gasteiger partial charge in [-0.25, -0.2) is 0 Å². The monoisotopic (exact) mass is 368 g/mol. The summed E-state index contributed by atoms with van der Waals surface area (Å²) in [6, 6.07) is 0. The smallest absolute Gasteiger partial charge is 0.158 e. The van der Waals surface area contributed by atoms with Gasteiger partial charge in [0.05, 0.1) is 18.3 Å². The predicted octanol–water partition coefficient (Wildman–Crippen LogP) is 2.52. The molecule has 0 aliphatic heterocycles. The molecule has 1 rings (SSSR count). The second-order valence-corrected chi connectivity index (χ2v) is 7.36. The molecule has 150 valence electrons. The predicted molar refractivity (Wildman–Crippen MR) is 103 cm³/mol. The van der Waals surface area contributed by atoms with Crippen molar-refractivity contribution in [2.45, 2.75) is 83.0 Å². The Bertz CT molecular complexity index is 446. The number of carbonyl (C=O) groups excluding carboxylic acids is 1. The number of carbonyl (C=O) groups is 1. The highest BCUT2D eigenvalue weighted by molar-refractivity contribution is 5.79. The highest BCUT2D eigenvalue weighted by Gasteiger charge is 2.39. The molecule has 0 aromatic carbocycles. The molecule has 0 saturated heterocycles. The van der Waals surface area contributed by atoms with Crippen LogP contribution in [0.15, 0.2) is 24.3 Å². The highest BCUT2D eigenvalue weighted by atomic mass is 16.3. The van der Waals surface area contributed by atoms with Gasteiger partial charge >= 0.3 is 0 Å². The van der Waals surface area contributed by atoms with Gasteiger partial charge in [-0.1, -0.05) is 50.5 Å². The third-order valence-electron chi connectivity index (χ3n) is 5.15. The van der Waals surface area contributed by atoms with Crippen LogP contribution in [-0.2, 0) is 4.79 Å². The molecule has 0 aromatic rings. The largest absolute Gasteiger partial charge is 0.393 e. The minimum absolute atomic E-state index is 0.0561. The Morgan fingerprint density at radius 2 is 1.92 bits per heavy atom. The first-order chi connectivity index (χ1) is 12.5. The first-order valence-corrected chi connectivity index (χ1v) is 9.99. The van der Waals surface area contributed by atoms with Crippen LogP contribution < -0.4 is 0 Å². The molecule has 26 heavy (non-hydrogen) atoms. The summed E-state index contributed by atoms with van der Waals surface area (Å²) in [7, 11) is 0. The van der Waals surface area contributed by atoms with E-state index in [1.165, 1.54) is 0 Å². The van der Waals surface area contributed by atoms with E-state index >= 15 is 0 Å². The Balaban J connectivity index is 2.44. The maximum absolute atomic E-state index is 11.0. The fourth-order valence-electron chi connectivity index (χ4n) is 3.53. The maximum Gasteiger partial charge on any atom is 0.158 e. The van der Waals surface area contributed by atoms with Crippen molar-refractivity contribution in [2.75, 3.05) is 6.61 Å². The SMILES string of the molecule is CCCCCC(O)C=C[C@@H]1[C@@H](CC=CCCCC(=O)CO)[C@@H](O)C[C@H]1O. The van der Waals surface area contributed by atoms with Gasteiger partial charge in [0.25, 0.3) is 0 Å². The maximum atomic E-state index is 11.0. The lowest BCUT2D eigenvalue weighted by Crippen LogP contribution is -2.20. The van der Waals surface area contributed by atoms with E-state index in [1.807, 2.05) is 18.2 Å². The van der Waals surface area contributed by atoms with Gasteiger partial charge < -0.3 is 20.4 Å². The molecule has 5 atom stereocenters. The van der Waals surface area contributed by atoms with Gasteiger partial charge in [0.1, 0.15) is 6.61 Å². The summed E-state index contributed by atoms with van der Waals surface area (Å²) >= 11 is 0. The van der Waals surface area contributed by atoms with Crippen LogP contribution in [0.4, 0.5) is 0 Å². The summed E-state index contributed by atoms with van der Waals surface area (Å²) in [5.41, 5.74) is 0. The third kappa shape index (κ3) is 8.58. The zero-order valence-corrected chi connectivity index (χ0v) is 16.0. The van der Waals surface area contributed by atoms with Crippen LogP contribution in [0.5, 0.6) is 0 Å². The second kappa shape index (κ2) is 13.2. The van der Waals surface area contributed by atoms with Crippen LogP contribution in [0.3, 0.4) is 0 Å². The molecule has 4 N–H and O–H groups in total. The van der Waals surface area contributed by atoms with Gasteiger partial charge in [0.15, 0.2) is 5.78 Å². The molecule has 0 aromatic heterocycles. The van der Waals surface area contributed by atoms with E-state index in [9.17, 15) is 20.1 Å². The zero-order chi connectivity index (χ0) is 19.4. The highest BCUT2D eigenvalue weighted by Crippen LogP contribution is 2.36. The van der Waals surface area contributed by atoms with E-state index in [0.29, 0.717) is 25.7 Å². The lowest BCUT2D eigenvalue weighted by atomic mass is 9.89. The average Bonchev–Trinajstić information content (AvgIpc) is 2.89. The molecule has 1 aliphatic carbocycles.